The zero-order valence-corrected chi connectivity index (χ0v) is 11.5. The van der Waals surface area contributed by atoms with E-state index in [-0.39, 0.29) is 18.9 Å². The number of ether oxygens (including phenoxy) is 4. The fourth-order valence-corrected chi connectivity index (χ4v) is 1.52. The van der Waals surface area contributed by atoms with Crippen molar-refractivity contribution in [1.82, 2.24) is 0 Å². The van der Waals surface area contributed by atoms with Crippen LogP contribution >= 0.6 is 0 Å². The first kappa shape index (κ1) is 15.5. The molecule has 0 amide bonds. The third-order valence-corrected chi connectivity index (χ3v) is 2.56. The van der Waals surface area contributed by atoms with Crippen LogP contribution in [-0.2, 0) is 19.0 Å². The van der Waals surface area contributed by atoms with Gasteiger partial charge in [0.15, 0.2) is 6.79 Å². The summed E-state index contributed by atoms with van der Waals surface area (Å²) in [6.45, 7) is 2.02. The zero-order chi connectivity index (χ0) is 14.1. The summed E-state index contributed by atoms with van der Waals surface area (Å²) < 4.78 is 20.7. The third-order valence-electron chi connectivity index (χ3n) is 2.56. The molecule has 106 valence electrons. The number of hydrogen-bond acceptors (Lipinski definition) is 5. The summed E-state index contributed by atoms with van der Waals surface area (Å²) in [5.74, 6) is 0.453. The van der Waals surface area contributed by atoms with E-state index in [2.05, 4.69) is 0 Å². The first-order valence-corrected chi connectivity index (χ1v) is 6.11. The second kappa shape index (κ2) is 8.50. The molecule has 1 atom stereocenters. The molecule has 0 saturated heterocycles. The van der Waals surface area contributed by atoms with Gasteiger partial charge in [0.1, 0.15) is 11.9 Å². The first-order chi connectivity index (χ1) is 9.21. The van der Waals surface area contributed by atoms with Gasteiger partial charge in [-0.25, -0.2) is 0 Å². The Hall–Kier alpha value is -1.59. The Morgan fingerprint density at radius 1 is 1.32 bits per heavy atom. The lowest BCUT2D eigenvalue weighted by Crippen LogP contribution is -2.15. The van der Waals surface area contributed by atoms with Gasteiger partial charge in [-0.05, 0) is 17.7 Å². The molecule has 5 nitrogen and oxygen atoms in total. The monoisotopic (exact) mass is 268 g/mol. The number of benzene rings is 1. The lowest BCUT2D eigenvalue weighted by atomic mass is 10.1. The first-order valence-electron chi connectivity index (χ1n) is 6.11. The van der Waals surface area contributed by atoms with Crippen LogP contribution in [0, 0.1) is 0 Å². The second-order valence-electron chi connectivity index (χ2n) is 3.88. The summed E-state index contributed by atoms with van der Waals surface area (Å²) in [6.07, 6.45) is 0.0297. The van der Waals surface area contributed by atoms with Crippen molar-refractivity contribution < 1.29 is 23.7 Å². The highest BCUT2D eigenvalue weighted by atomic mass is 16.7. The predicted octanol–water partition coefficient (Wildman–Crippen LogP) is 2.31. The minimum absolute atomic E-state index is 0.0854. The van der Waals surface area contributed by atoms with Crippen LogP contribution in [0.1, 0.15) is 25.0 Å². The van der Waals surface area contributed by atoms with Crippen molar-refractivity contribution in [3.8, 4) is 5.75 Å². The van der Waals surface area contributed by atoms with E-state index in [0.29, 0.717) is 13.0 Å². The van der Waals surface area contributed by atoms with E-state index in [4.69, 9.17) is 18.9 Å². The van der Waals surface area contributed by atoms with Crippen molar-refractivity contribution in [2.45, 2.75) is 19.4 Å². The summed E-state index contributed by atoms with van der Waals surface area (Å²) in [7, 11) is 3.20. The Bertz CT molecular complexity index is 391. The molecule has 0 saturated carbocycles. The summed E-state index contributed by atoms with van der Waals surface area (Å²) in [5, 5.41) is 0. The molecule has 5 heteroatoms. The van der Waals surface area contributed by atoms with E-state index in [0.717, 1.165) is 11.3 Å². The highest BCUT2D eigenvalue weighted by Gasteiger charge is 2.13. The highest BCUT2D eigenvalue weighted by Crippen LogP contribution is 2.22. The largest absolute Gasteiger partial charge is 0.497 e. The van der Waals surface area contributed by atoms with Gasteiger partial charge in [0.2, 0.25) is 0 Å². The van der Waals surface area contributed by atoms with Gasteiger partial charge in [-0.2, -0.15) is 0 Å². The maximum Gasteiger partial charge on any atom is 0.307 e. The van der Waals surface area contributed by atoms with Crippen LogP contribution in [0.2, 0.25) is 0 Å². The van der Waals surface area contributed by atoms with Crippen LogP contribution in [0.4, 0.5) is 0 Å². The summed E-state index contributed by atoms with van der Waals surface area (Å²) >= 11 is 0. The maximum atomic E-state index is 11.0. The minimum atomic E-state index is -0.301. The van der Waals surface area contributed by atoms with Crippen molar-refractivity contribution >= 4 is 5.97 Å². The van der Waals surface area contributed by atoms with E-state index in [9.17, 15) is 4.79 Å². The van der Waals surface area contributed by atoms with Crippen LogP contribution in [0.5, 0.6) is 5.75 Å². The van der Waals surface area contributed by atoms with Gasteiger partial charge in [0, 0.05) is 13.5 Å². The molecule has 0 radical (unpaired) electrons. The Balaban J connectivity index is 2.62. The summed E-state index contributed by atoms with van der Waals surface area (Å²) in [6, 6.07) is 7.50. The molecule has 1 rings (SSSR count). The van der Waals surface area contributed by atoms with Gasteiger partial charge in [0.05, 0.1) is 13.7 Å². The van der Waals surface area contributed by atoms with Crippen LogP contribution < -0.4 is 4.74 Å². The normalized spacial score (nSPS) is 11.9. The van der Waals surface area contributed by atoms with Crippen molar-refractivity contribution in [2.75, 3.05) is 27.6 Å². The minimum Gasteiger partial charge on any atom is -0.497 e. The third kappa shape index (κ3) is 5.28. The zero-order valence-electron chi connectivity index (χ0n) is 11.5. The molecule has 0 N–H and O–H groups in total. The van der Waals surface area contributed by atoms with Crippen LogP contribution in [-0.4, -0.2) is 33.6 Å². The van der Waals surface area contributed by atoms with E-state index in [1.807, 2.05) is 24.3 Å². The number of carbonyl (C=O) groups excluding carboxylic acids is 1. The quantitative estimate of drug-likeness (QED) is 0.535. The molecule has 0 aliphatic carbocycles. The number of methoxy groups -OCH3 is 2. The molecule has 1 unspecified atom stereocenters. The fourth-order valence-electron chi connectivity index (χ4n) is 1.52. The molecule has 0 fully saturated rings. The number of rotatable bonds is 8. The lowest BCUT2D eigenvalue weighted by molar-refractivity contribution is -0.163. The predicted molar refractivity (Wildman–Crippen MR) is 69.9 cm³/mol. The molecular weight excluding hydrogens is 248 g/mol. The van der Waals surface area contributed by atoms with E-state index in [1.54, 1.807) is 21.1 Å². The molecular formula is C14H20O5. The topological polar surface area (TPSA) is 54.0 Å². The van der Waals surface area contributed by atoms with Crippen molar-refractivity contribution in [1.29, 1.82) is 0 Å². The molecule has 0 aliphatic rings. The van der Waals surface area contributed by atoms with Gasteiger partial charge in [-0.15, -0.1) is 0 Å². The van der Waals surface area contributed by atoms with E-state index >= 15 is 0 Å². The average molecular weight is 268 g/mol. The average Bonchev–Trinajstić information content (AvgIpc) is 2.46. The molecule has 0 heterocycles. The molecule has 1 aromatic rings. The van der Waals surface area contributed by atoms with Gasteiger partial charge in [-0.3, -0.25) is 4.79 Å². The second-order valence-corrected chi connectivity index (χ2v) is 3.88. The van der Waals surface area contributed by atoms with E-state index in [1.165, 1.54) is 0 Å². The molecule has 0 spiro atoms. The van der Waals surface area contributed by atoms with Gasteiger partial charge in [-0.1, -0.05) is 19.1 Å². The van der Waals surface area contributed by atoms with Crippen molar-refractivity contribution in [3.63, 3.8) is 0 Å². The van der Waals surface area contributed by atoms with Crippen LogP contribution in [0.25, 0.3) is 0 Å². The molecule has 19 heavy (non-hydrogen) atoms. The lowest BCUT2D eigenvalue weighted by Gasteiger charge is -2.18. The number of carbonyl (C=O) groups is 1. The van der Waals surface area contributed by atoms with Gasteiger partial charge < -0.3 is 18.9 Å². The summed E-state index contributed by atoms with van der Waals surface area (Å²) in [5.41, 5.74) is 0.911. The van der Waals surface area contributed by atoms with Gasteiger partial charge in [0.25, 0.3) is 0 Å². The Morgan fingerprint density at radius 3 is 2.74 bits per heavy atom. The van der Waals surface area contributed by atoms with Crippen LogP contribution in [0.15, 0.2) is 24.3 Å². The molecule has 0 bridgehead atoms. The van der Waals surface area contributed by atoms with Crippen LogP contribution in [0.3, 0.4) is 0 Å². The smallest absolute Gasteiger partial charge is 0.307 e. The van der Waals surface area contributed by atoms with Crippen molar-refractivity contribution in [3.05, 3.63) is 29.8 Å². The number of esters is 1. The maximum absolute atomic E-state index is 11.0. The molecule has 1 aromatic carbocycles. The highest BCUT2D eigenvalue weighted by molar-refractivity contribution is 5.68. The Morgan fingerprint density at radius 2 is 2.11 bits per heavy atom. The Kier molecular flexibility index (Phi) is 6.92. The van der Waals surface area contributed by atoms with E-state index < -0.39 is 0 Å². The van der Waals surface area contributed by atoms with Gasteiger partial charge >= 0.3 is 5.97 Å². The molecule has 0 aromatic heterocycles. The fraction of sp³-hybridized carbons (Fsp3) is 0.500. The standard InChI is InChI=1S/C14H20O5/c1-4-14(15)19-10-18-13(9-16-2)11-6-5-7-12(8-11)17-3/h5-8,13H,4,9-10H2,1-3H3. The Labute approximate surface area is 113 Å². The SMILES string of the molecule is CCC(=O)OCOC(COC)c1cccc(OC)c1. The van der Waals surface area contributed by atoms with Crippen molar-refractivity contribution in [2.24, 2.45) is 0 Å². The molecule has 0 aliphatic heterocycles. The summed E-state index contributed by atoms with van der Waals surface area (Å²) in [4.78, 5) is 11.0. The number of hydrogen-bond donors (Lipinski definition) is 0.